The number of amides is 2. The van der Waals surface area contributed by atoms with Gasteiger partial charge in [-0.15, -0.1) is 0 Å². The molecule has 0 heterocycles. The Morgan fingerprint density at radius 2 is 1.77 bits per heavy atom. The SMILES string of the molecule is CC(CCCNC(=O)C(CCOCc1ccccc1)NC(=O)OC(C)(C)C)C(=O)O. The van der Waals surface area contributed by atoms with Gasteiger partial charge in [-0.2, -0.15) is 0 Å². The second kappa shape index (κ2) is 12.8. The third kappa shape index (κ3) is 11.4. The first kappa shape index (κ1) is 25.4. The number of nitrogens with one attached hydrogen (secondary N) is 2. The van der Waals surface area contributed by atoms with Crippen LogP contribution >= 0.6 is 0 Å². The highest BCUT2D eigenvalue weighted by Crippen LogP contribution is 2.08. The summed E-state index contributed by atoms with van der Waals surface area (Å²) in [7, 11) is 0. The van der Waals surface area contributed by atoms with Crippen molar-refractivity contribution in [2.75, 3.05) is 13.2 Å². The van der Waals surface area contributed by atoms with Gasteiger partial charge >= 0.3 is 12.1 Å². The molecular weight excluding hydrogens is 388 g/mol. The number of carboxylic acid groups (broad SMARTS) is 1. The smallest absolute Gasteiger partial charge is 0.408 e. The summed E-state index contributed by atoms with van der Waals surface area (Å²) in [5, 5.41) is 14.2. The first-order valence-electron chi connectivity index (χ1n) is 10.2. The molecule has 2 amide bonds. The van der Waals surface area contributed by atoms with Gasteiger partial charge in [-0.05, 0) is 39.2 Å². The van der Waals surface area contributed by atoms with E-state index in [0.29, 0.717) is 26.0 Å². The minimum absolute atomic E-state index is 0.277. The fraction of sp³-hybridized carbons (Fsp3) is 0.591. The van der Waals surface area contributed by atoms with E-state index < -0.39 is 29.6 Å². The fourth-order valence-electron chi connectivity index (χ4n) is 2.55. The molecule has 8 nitrogen and oxygen atoms in total. The van der Waals surface area contributed by atoms with Crippen molar-refractivity contribution >= 4 is 18.0 Å². The van der Waals surface area contributed by atoms with Crippen molar-refractivity contribution in [3.63, 3.8) is 0 Å². The molecule has 0 aliphatic heterocycles. The fourth-order valence-corrected chi connectivity index (χ4v) is 2.55. The summed E-state index contributed by atoms with van der Waals surface area (Å²) >= 11 is 0. The Morgan fingerprint density at radius 1 is 1.10 bits per heavy atom. The van der Waals surface area contributed by atoms with E-state index in [4.69, 9.17) is 14.6 Å². The van der Waals surface area contributed by atoms with Crippen LogP contribution in [0.15, 0.2) is 30.3 Å². The molecule has 30 heavy (non-hydrogen) atoms. The second-order valence-electron chi connectivity index (χ2n) is 8.20. The lowest BCUT2D eigenvalue weighted by atomic mass is 10.1. The number of hydrogen-bond donors (Lipinski definition) is 3. The number of carbonyl (C=O) groups is 3. The lowest BCUT2D eigenvalue weighted by Gasteiger charge is -2.23. The van der Waals surface area contributed by atoms with E-state index in [0.717, 1.165) is 5.56 Å². The number of carbonyl (C=O) groups excluding carboxylic acids is 2. The van der Waals surface area contributed by atoms with E-state index in [2.05, 4.69) is 10.6 Å². The van der Waals surface area contributed by atoms with Crippen LogP contribution in [0.3, 0.4) is 0 Å². The molecule has 0 saturated heterocycles. The van der Waals surface area contributed by atoms with Crippen molar-refractivity contribution in [2.45, 2.75) is 65.2 Å². The zero-order valence-corrected chi connectivity index (χ0v) is 18.3. The Bertz CT molecular complexity index is 672. The number of aliphatic carboxylic acids is 1. The molecule has 0 radical (unpaired) electrons. The third-order valence-electron chi connectivity index (χ3n) is 4.20. The van der Waals surface area contributed by atoms with Crippen LogP contribution in [0, 0.1) is 5.92 Å². The van der Waals surface area contributed by atoms with Gasteiger partial charge in [0, 0.05) is 19.6 Å². The number of hydrogen-bond acceptors (Lipinski definition) is 5. The van der Waals surface area contributed by atoms with Crippen LogP contribution in [-0.4, -0.2) is 47.9 Å². The normalized spacial score (nSPS) is 13.2. The van der Waals surface area contributed by atoms with Crippen molar-refractivity contribution in [1.82, 2.24) is 10.6 Å². The first-order chi connectivity index (χ1) is 14.1. The van der Waals surface area contributed by atoms with Gasteiger partial charge in [-0.25, -0.2) is 4.79 Å². The van der Waals surface area contributed by atoms with Gasteiger partial charge in [-0.1, -0.05) is 37.3 Å². The van der Waals surface area contributed by atoms with Crippen LogP contribution in [0.1, 0.15) is 52.5 Å². The Hall–Kier alpha value is -2.61. The van der Waals surface area contributed by atoms with Gasteiger partial charge in [-0.3, -0.25) is 9.59 Å². The summed E-state index contributed by atoms with van der Waals surface area (Å²) in [6.45, 7) is 7.87. The lowest BCUT2D eigenvalue weighted by Crippen LogP contribution is -2.48. The molecule has 1 aromatic rings. The standard InChI is InChI=1S/C22H34N2O6/c1-16(20(26)27)9-8-13-23-19(25)18(24-21(28)30-22(2,3)4)12-14-29-15-17-10-6-5-7-11-17/h5-7,10-11,16,18H,8-9,12-15H2,1-4H3,(H,23,25)(H,24,28)(H,26,27). The number of ether oxygens (including phenoxy) is 2. The lowest BCUT2D eigenvalue weighted by molar-refractivity contribution is -0.141. The summed E-state index contributed by atoms with van der Waals surface area (Å²) in [6.07, 6.45) is 0.594. The monoisotopic (exact) mass is 422 g/mol. The largest absolute Gasteiger partial charge is 0.481 e. The maximum Gasteiger partial charge on any atom is 0.408 e. The molecule has 1 aromatic carbocycles. The molecule has 0 aromatic heterocycles. The molecular formula is C22H34N2O6. The van der Waals surface area contributed by atoms with Crippen molar-refractivity contribution in [1.29, 1.82) is 0 Å². The highest BCUT2D eigenvalue weighted by molar-refractivity contribution is 5.85. The number of alkyl carbamates (subject to hydrolysis) is 1. The van der Waals surface area contributed by atoms with Gasteiger partial charge in [0.1, 0.15) is 11.6 Å². The zero-order valence-electron chi connectivity index (χ0n) is 18.3. The van der Waals surface area contributed by atoms with Crippen LogP contribution < -0.4 is 10.6 Å². The average molecular weight is 423 g/mol. The van der Waals surface area contributed by atoms with Gasteiger partial charge in [0.25, 0.3) is 0 Å². The molecule has 3 N–H and O–H groups in total. The minimum Gasteiger partial charge on any atom is -0.481 e. The Morgan fingerprint density at radius 3 is 2.37 bits per heavy atom. The molecule has 0 bridgehead atoms. The molecule has 0 aliphatic rings. The summed E-state index contributed by atoms with van der Waals surface area (Å²) in [4.78, 5) is 35.5. The zero-order chi connectivity index (χ0) is 22.6. The highest BCUT2D eigenvalue weighted by atomic mass is 16.6. The molecule has 2 atom stereocenters. The van der Waals surface area contributed by atoms with Crippen LogP contribution in [0.25, 0.3) is 0 Å². The first-order valence-corrected chi connectivity index (χ1v) is 10.2. The maximum atomic E-state index is 12.5. The maximum absolute atomic E-state index is 12.5. The van der Waals surface area contributed by atoms with Crippen molar-refractivity contribution in [3.8, 4) is 0 Å². The predicted molar refractivity (Wildman–Crippen MR) is 113 cm³/mol. The van der Waals surface area contributed by atoms with Crippen LogP contribution in [-0.2, 0) is 25.7 Å². The molecule has 0 saturated carbocycles. The molecule has 0 spiro atoms. The minimum atomic E-state index is -0.860. The molecule has 0 aliphatic carbocycles. The predicted octanol–water partition coefficient (Wildman–Crippen LogP) is 3.10. The quantitative estimate of drug-likeness (QED) is 0.446. The van der Waals surface area contributed by atoms with Gasteiger partial charge in [0.15, 0.2) is 0 Å². The summed E-state index contributed by atoms with van der Waals surface area (Å²) in [5.41, 5.74) is 0.341. The number of rotatable bonds is 12. The third-order valence-corrected chi connectivity index (χ3v) is 4.20. The topological polar surface area (TPSA) is 114 Å². The van der Waals surface area contributed by atoms with E-state index in [1.807, 2.05) is 30.3 Å². The molecule has 2 unspecified atom stereocenters. The molecule has 168 valence electrons. The summed E-state index contributed by atoms with van der Waals surface area (Å²) in [6, 6.07) is 8.84. The van der Waals surface area contributed by atoms with E-state index in [9.17, 15) is 14.4 Å². The van der Waals surface area contributed by atoms with E-state index in [1.165, 1.54) is 0 Å². The molecule has 0 fully saturated rings. The van der Waals surface area contributed by atoms with Gasteiger partial charge < -0.3 is 25.2 Å². The second-order valence-corrected chi connectivity index (χ2v) is 8.20. The van der Waals surface area contributed by atoms with E-state index in [1.54, 1.807) is 27.7 Å². The summed E-state index contributed by atoms with van der Waals surface area (Å²) < 4.78 is 10.9. The van der Waals surface area contributed by atoms with Crippen LogP contribution in [0.2, 0.25) is 0 Å². The van der Waals surface area contributed by atoms with E-state index in [-0.39, 0.29) is 18.9 Å². The van der Waals surface area contributed by atoms with E-state index >= 15 is 0 Å². The number of benzene rings is 1. The van der Waals surface area contributed by atoms with Crippen molar-refractivity contribution in [2.24, 2.45) is 5.92 Å². The Balaban J connectivity index is 2.52. The number of carboxylic acids is 1. The van der Waals surface area contributed by atoms with Gasteiger partial charge in [0.2, 0.25) is 5.91 Å². The van der Waals surface area contributed by atoms with Crippen LogP contribution in [0.4, 0.5) is 4.79 Å². The van der Waals surface area contributed by atoms with Crippen LogP contribution in [0.5, 0.6) is 0 Å². The summed E-state index contributed by atoms with van der Waals surface area (Å²) in [5.74, 6) is -1.68. The van der Waals surface area contributed by atoms with Crippen molar-refractivity contribution in [3.05, 3.63) is 35.9 Å². The van der Waals surface area contributed by atoms with Gasteiger partial charge in [0.05, 0.1) is 12.5 Å². The molecule has 8 heteroatoms. The molecule has 1 rings (SSSR count). The Labute approximate surface area is 178 Å². The Kier molecular flexibility index (Phi) is 10.9. The van der Waals surface area contributed by atoms with Crippen molar-refractivity contribution < 1.29 is 29.0 Å². The average Bonchev–Trinajstić information content (AvgIpc) is 2.66. The highest BCUT2D eigenvalue weighted by Gasteiger charge is 2.24.